The average Bonchev–Trinajstić information content (AvgIpc) is 2.50. The molecule has 4 aliphatic rings. The second-order valence-electron chi connectivity index (χ2n) is 6.90. The fourth-order valence-electron chi connectivity index (χ4n) is 5.63. The molecule has 0 aliphatic heterocycles. The number of rotatable bonds is 4. The number of benzene rings is 1. The number of carbonyl (C=O) groups is 1. The lowest BCUT2D eigenvalue weighted by Gasteiger charge is -2.90. The van der Waals surface area contributed by atoms with Crippen molar-refractivity contribution in [3.63, 3.8) is 0 Å². The predicted octanol–water partition coefficient (Wildman–Crippen LogP) is 2.58. The number of fused-ring (bicyclic) bond motifs is 2. The van der Waals surface area contributed by atoms with Crippen LogP contribution < -0.4 is 5.32 Å². The van der Waals surface area contributed by atoms with Crippen LogP contribution in [-0.2, 0) is 0 Å². The molecule has 1 N–H and O–H groups in total. The molecule has 1 aromatic carbocycles. The van der Waals surface area contributed by atoms with E-state index in [1.165, 1.54) is 5.57 Å². The third-order valence-electron chi connectivity index (χ3n) is 6.41. The van der Waals surface area contributed by atoms with Crippen molar-refractivity contribution in [1.82, 2.24) is 5.32 Å². The molecule has 3 heteroatoms. The Morgan fingerprint density at radius 3 is 2.80 bits per heavy atom. The quantitative estimate of drug-likeness (QED) is 0.836. The van der Waals surface area contributed by atoms with Crippen LogP contribution in [0.5, 0.6) is 0 Å². The number of amides is 1. The zero-order chi connectivity index (χ0) is 13.5. The molecule has 0 aromatic heterocycles. The lowest BCUT2D eigenvalue weighted by Crippen LogP contribution is -2.87. The monoisotopic (exact) mass is 269 g/mol. The van der Waals surface area contributed by atoms with Crippen LogP contribution in [0.2, 0.25) is 0 Å². The minimum Gasteiger partial charge on any atom is -0.351 e. The molecule has 20 heavy (non-hydrogen) atoms. The Balaban J connectivity index is 1.32. The van der Waals surface area contributed by atoms with E-state index in [0.29, 0.717) is 29.9 Å². The minimum atomic E-state index is -0.184. The van der Waals surface area contributed by atoms with Crippen molar-refractivity contribution in [3.05, 3.63) is 47.5 Å². The summed E-state index contributed by atoms with van der Waals surface area (Å²) in [5.74, 6) is 1.70. The lowest BCUT2D eigenvalue weighted by atomic mass is 9.13. The van der Waals surface area contributed by atoms with Crippen molar-refractivity contribution in [2.75, 3.05) is 13.2 Å². The Hall–Kier alpha value is -1.64. The first-order valence-corrected chi connectivity index (χ1v) is 7.34. The molecule has 5 rings (SSSR count). The van der Waals surface area contributed by atoms with E-state index in [0.717, 1.165) is 6.42 Å². The van der Waals surface area contributed by atoms with Gasteiger partial charge in [0.05, 0.1) is 6.67 Å². The Labute approximate surface area is 117 Å². The second-order valence-corrected chi connectivity index (χ2v) is 6.90. The van der Waals surface area contributed by atoms with Gasteiger partial charge in [-0.25, -0.2) is 0 Å². The summed E-state index contributed by atoms with van der Waals surface area (Å²) in [6.07, 6.45) is 3.23. The van der Waals surface area contributed by atoms with E-state index >= 15 is 0 Å². The molecule has 0 spiro atoms. The van der Waals surface area contributed by atoms with Gasteiger partial charge in [0, 0.05) is 22.9 Å². The molecule has 0 heterocycles. The number of alkyl halides is 1. The standard InChI is InChI=1S/C17H16FNO/c18-8-16-7-17(12-6-11(16)13(12)14(16)17)9-19-15(20)10-4-2-1-3-5-10/h1-6,11,13-14H,7-9H2,(H,19,20). The summed E-state index contributed by atoms with van der Waals surface area (Å²) in [6.45, 7) is 0.499. The highest BCUT2D eigenvalue weighted by Gasteiger charge is 2.89. The van der Waals surface area contributed by atoms with Crippen LogP contribution >= 0.6 is 0 Å². The van der Waals surface area contributed by atoms with Gasteiger partial charge in [0.15, 0.2) is 0 Å². The van der Waals surface area contributed by atoms with Gasteiger partial charge in [0.25, 0.3) is 5.91 Å². The van der Waals surface area contributed by atoms with Crippen molar-refractivity contribution in [3.8, 4) is 0 Å². The van der Waals surface area contributed by atoms with E-state index in [1.54, 1.807) is 0 Å². The van der Waals surface area contributed by atoms with Gasteiger partial charge < -0.3 is 5.32 Å². The van der Waals surface area contributed by atoms with Gasteiger partial charge in [-0.1, -0.05) is 29.8 Å². The number of allylic oxidation sites excluding steroid dienone is 1. The topological polar surface area (TPSA) is 29.1 Å². The van der Waals surface area contributed by atoms with Crippen LogP contribution in [0.3, 0.4) is 0 Å². The second kappa shape index (κ2) is 3.16. The molecule has 1 aromatic rings. The third kappa shape index (κ3) is 0.904. The minimum absolute atomic E-state index is 0.0167. The largest absolute Gasteiger partial charge is 0.351 e. The van der Waals surface area contributed by atoms with Crippen LogP contribution in [0, 0.1) is 28.6 Å². The predicted molar refractivity (Wildman–Crippen MR) is 72.8 cm³/mol. The van der Waals surface area contributed by atoms with Gasteiger partial charge in [0.1, 0.15) is 0 Å². The number of hydrogen-bond acceptors (Lipinski definition) is 1. The summed E-state index contributed by atoms with van der Waals surface area (Å²) >= 11 is 0. The molecule has 0 bridgehead atoms. The maximum atomic E-state index is 13.3. The SMILES string of the molecule is O=C(NCC12CC3(CF)C4C=C1C4C23)c1ccccc1. The summed E-state index contributed by atoms with van der Waals surface area (Å²) in [7, 11) is 0. The number of hydrogen-bond donors (Lipinski definition) is 1. The Bertz CT molecular complexity index is 654. The van der Waals surface area contributed by atoms with Crippen molar-refractivity contribution >= 4 is 5.91 Å². The zero-order valence-electron chi connectivity index (χ0n) is 11.1. The molecule has 1 amide bonds. The molecule has 3 fully saturated rings. The van der Waals surface area contributed by atoms with Crippen LogP contribution in [0.25, 0.3) is 0 Å². The average molecular weight is 269 g/mol. The third-order valence-corrected chi connectivity index (χ3v) is 6.41. The smallest absolute Gasteiger partial charge is 0.251 e. The van der Waals surface area contributed by atoms with E-state index in [9.17, 15) is 9.18 Å². The van der Waals surface area contributed by atoms with Gasteiger partial charge in [-0.3, -0.25) is 9.18 Å². The van der Waals surface area contributed by atoms with E-state index in [-0.39, 0.29) is 23.4 Å². The molecule has 3 saturated carbocycles. The van der Waals surface area contributed by atoms with Gasteiger partial charge in [0.2, 0.25) is 0 Å². The zero-order valence-corrected chi connectivity index (χ0v) is 11.1. The highest BCUT2D eigenvalue weighted by molar-refractivity contribution is 5.94. The first-order chi connectivity index (χ1) is 9.73. The van der Waals surface area contributed by atoms with Crippen molar-refractivity contribution in [2.24, 2.45) is 28.6 Å². The van der Waals surface area contributed by atoms with Gasteiger partial charge >= 0.3 is 0 Å². The molecule has 5 unspecified atom stereocenters. The molecular formula is C17H16FNO. The normalized spacial score (nSPS) is 44.9. The molecular weight excluding hydrogens is 253 g/mol. The first-order valence-electron chi connectivity index (χ1n) is 7.34. The van der Waals surface area contributed by atoms with Gasteiger partial charge in [-0.05, 0) is 36.3 Å². The molecule has 0 radical (unpaired) electrons. The molecule has 0 saturated heterocycles. The van der Waals surface area contributed by atoms with Gasteiger partial charge in [-0.2, -0.15) is 0 Å². The van der Waals surface area contributed by atoms with Crippen molar-refractivity contribution in [1.29, 1.82) is 0 Å². The maximum Gasteiger partial charge on any atom is 0.251 e. The fourth-order valence-corrected chi connectivity index (χ4v) is 5.63. The summed E-state index contributed by atoms with van der Waals surface area (Å²) < 4.78 is 13.3. The van der Waals surface area contributed by atoms with Crippen LogP contribution in [0.1, 0.15) is 16.8 Å². The molecule has 5 atom stereocenters. The summed E-state index contributed by atoms with van der Waals surface area (Å²) in [5, 5.41) is 3.06. The van der Waals surface area contributed by atoms with E-state index in [1.807, 2.05) is 30.3 Å². The maximum absolute atomic E-state index is 13.3. The molecule has 2 nitrogen and oxygen atoms in total. The van der Waals surface area contributed by atoms with Crippen LogP contribution in [0.4, 0.5) is 4.39 Å². The van der Waals surface area contributed by atoms with Crippen LogP contribution in [-0.4, -0.2) is 19.1 Å². The molecule has 102 valence electrons. The summed E-state index contributed by atoms with van der Waals surface area (Å²) in [5.41, 5.74) is 2.29. The van der Waals surface area contributed by atoms with Crippen molar-refractivity contribution in [2.45, 2.75) is 6.42 Å². The van der Waals surface area contributed by atoms with E-state index in [4.69, 9.17) is 0 Å². The fraction of sp³-hybridized carbons (Fsp3) is 0.471. The summed E-state index contributed by atoms with van der Waals surface area (Å²) in [6, 6.07) is 9.29. The Morgan fingerprint density at radius 1 is 1.35 bits per heavy atom. The van der Waals surface area contributed by atoms with E-state index in [2.05, 4.69) is 11.4 Å². The number of carbonyl (C=O) groups excluding carboxylic acids is 1. The van der Waals surface area contributed by atoms with Gasteiger partial charge in [-0.15, -0.1) is 0 Å². The highest BCUT2D eigenvalue weighted by atomic mass is 19.1. The lowest BCUT2D eigenvalue weighted by molar-refractivity contribution is -0.342. The van der Waals surface area contributed by atoms with Crippen molar-refractivity contribution < 1.29 is 9.18 Å². The number of halogens is 1. The van der Waals surface area contributed by atoms with E-state index < -0.39 is 0 Å². The Morgan fingerprint density at radius 2 is 2.15 bits per heavy atom. The Kier molecular flexibility index (Phi) is 1.75. The molecule has 4 aliphatic carbocycles. The summed E-state index contributed by atoms with van der Waals surface area (Å²) in [4.78, 5) is 12.1. The number of nitrogens with one attached hydrogen (secondary N) is 1. The highest BCUT2D eigenvalue weighted by Crippen LogP contribution is 2.92. The first kappa shape index (κ1) is 11.1. The van der Waals surface area contributed by atoms with Crippen LogP contribution in [0.15, 0.2) is 42.0 Å².